The lowest BCUT2D eigenvalue weighted by atomic mass is 10.1. The third kappa shape index (κ3) is 5.03. The number of fused-ring (bicyclic) bond motifs is 1. The normalized spacial score (nSPS) is 15.9. The standard InChI is InChI=1S/C26H25BrFN3O4/c1-33-25-13-19(3-5-24(25)35-11-8-30-6-9-34-10-7-30)31-16-17-15-29-23(14-20(17)26(31)32)21-12-18(28)2-4-22(21)27/h2-5,12-15H,6-11,16H2,1H3. The summed E-state index contributed by atoms with van der Waals surface area (Å²) in [7, 11) is 1.58. The third-order valence-corrected chi connectivity index (χ3v) is 6.91. The Hall–Kier alpha value is -3.01. The molecule has 7 nitrogen and oxygen atoms in total. The molecule has 2 aromatic carbocycles. The van der Waals surface area contributed by atoms with Crippen molar-refractivity contribution in [2.75, 3.05) is 51.5 Å². The van der Waals surface area contributed by atoms with Crippen molar-refractivity contribution in [3.63, 3.8) is 0 Å². The number of nitrogens with zero attached hydrogens (tertiary/aromatic N) is 3. The first-order valence-corrected chi connectivity index (χ1v) is 12.2. The summed E-state index contributed by atoms with van der Waals surface area (Å²) in [5.41, 5.74) is 3.20. The molecule has 2 aliphatic rings. The van der Waals surface area contributed by atoms with Crippen LogP contribution in [0.5, 0.6) is 11.5 Å². The molecule has 35 heavy (non-hydrogen) atoms. The zero-order valence-corrected chi connectivity index (χ0v) is 20.9. The Morgan fingerprint density at radius 1 is 1.09 bits per heavy atom. The third-order valence-electron chi connectivity index (χ3n) is 6.22. The zero-order chi connectivity index (χ0) is 24.4. The van der Waals surface area contributed by atoms with Gasteiger partial charge in [0.05, 0.1) is 32.6 Å². The summed E-state index contributed by atoms with van der Waals surface area (Å²) in [5, 5.41) is 0. The molecule has 1 aromatic heterocycles. The van der Waals surface area contributed by atoms with Gasteiger partial charge in [-0.3, -0.25) is 14.7 Å². The van der Waals surface area contributed by atoms with E-state index in [9.17, 15) is 9.18 Å². The van der Waals surface area contributed by atoms with E-state index in [1.54, 1.807) is 30.3 Å². The van der Waals surface area contributed by atoms with Gasteiger partial charge in [0.25, 0.3) is 5.91 Å². The van der Waals surface area contributed by atoms with Crippen molar-refractivity contribution >= 4 is 27.5 Å². The summed E-state index contributed by atoms with van der Waals surface area (Å²) in [6.45, 7) is 5.06. The van der Waals surface area contributed by atoms with Gasteiger partial charge >= 0.3 is 0 Å². The smallest absolute Gasteiger partial charge is 0.259 e. The van der Waals surface area contributed by atoms with Gasteiger partial charge in [0.2, 0.25) is 0 Å². The molecule has 0 saturated carbocycles. The number of morpholine rings is 1. The lowest BCUT2D eigenvalue weighted by molar-refractivity contribution is 0.0321. The molecule has 0 bridgehead atoms. The first-order valence-electron chi connectivity index (χ1n) is 11.4. The van der Waals surface area contributed by atoms with E-state index in [1.165, 1.54) is 12.1 Å². The number of amides is 1. The van der Waals surface area contributed by atoms with Crippen LogP contribution < -0.4 is 14.4 Å². The number of rotatable bonds is 7. The second kappa shape index (κ2) is 10.3. The minimum atomic E-state index is -0.363. The Kier molecular flexibility index (Phi) is 6.99. The van der Waals surface area contributed by atoms with Gasteiger partial charge in [-0.25, -0.2) is 4.39 Å². The van der Waals surface area contributed by atoms with Crippen LogP contribution in [0.1, 0.15) is 15.9 Å². The van der Waals surface area contributed by atoms with Crippen LogP contribution in [0.3, 0.4) is 0 Å². The van der Waals surface area contributed by atoms with Crippen molar-refractivity contribution < 1.29 is 23.4 Å². The van der Waals surface area contributed by atoms with Crippen LogP contribution in [0.25, 0.3) is 11.3 Å². The molecule has 3 heterocycles. The average Bonchev–Trinajstić information content (AvgIpc) is 3.22. The number of hydrogen-bond donors (Lipinski definition) is 0. The number of aromatic nitrogens is 1. The SMILES string of the molecule is COc1cc(N2Cc3cnc(-c4cc(F)ccc4Br)cc3C2=O)ccc1OCCN1CCOCC1. The summed E-state index contributed by atoms with van der Waals surface area (Å²) in [4.78, 5) is 21.7. The molecule has 0 N–H and O–H groups in total. The van der Waals surface area contributed by atoms with Gasteiger partial charge in [0.1, 0.15) is 12.4 Å². The lowest BCUT2D eigenvalue weighted by Gasteiger charge is -2.26. The van der Waals surface area contributed by atoms with E-state index in [0.717, 1.165) is 38.4 Å². The van der Waals surface area contributed by atoms with Gasteiger partial charge in [-0.05, 0) is 36.4 Å². The number of anilines is 1. The molecule has 1 amide bonds. The molecule has 0 radical (unpaired) electrons. The largest absolute Gasteiger partial charge is 0.493 e. The number of ether oxygens (including phenoxy) is 3. The molecule has 5 rings (SSSR count). The van der Waals surface area contributed by atoms with Crippen LogP contribution in [-0.2, 0) is 11.3 Å². The minimum absolute atomic E-state index is 0.140. The fraction of sp³-hybridized carbons (Fsp3) is 0.308. The van der Waals surface area contributed by atoms with E-state index >= 15 is 0 Å². The maximum atomic E-state index is 13.8. The fourth-order valence-corrected chi connectivity index (χ4v) is 4.75. The van der Waals surface area contributed by atoms with Crippen LogP contribution in [0.4, 0.5) is 10.1 Å². The topological polar surface area (TPSA) is 64.1 Å². The van der Waals surface area contributed by atoms with Crippen LogP contribution in [0.2, 0.25) is 0 Å². The van der Waals surface area contributed by atoms with E-state index in [1.807, 2.05) is 18.2 Å². The van der Waals surface area contributed by atoms with Gasteiger partial charge in [-0.15, -0.1) is 0 Å². The van der Waals surface area contributed by atoms with E-state index < -0.39 is 0 Å². The fourth-order valence-electron chi connectivity index (χ4n) is 4.30. The van der Waals surface area contributed by atoms with Crippen LogP contribution >= 0.6 is 15.9 Å². The predicted molar refractivity (Wildman–Crippen MR) is 134 cm³/mol. The van der Waals surface area contributed by atoms with Gasteiger partial charge in [0.15, 0.2) is 11.5 Å². The lowest BCUT2D eigenvalue weighted by Crippen LogP contribution is -2.38. The van der Waals surface area contributed by atoms with Gasteiger partial charge < -0.3 is 19.1 Å². The number of carbonyl (C=O) groups is 1. The zero-order valence-electron chi connectivity index (χ0n) is 19.3. The Balaban J connectivity index is 1.32. The molecule has 0 unspecified atom stereocenters. The predicted octanol–water partition coefficient (Wildman–Crippen LogP) is 4.53. The summed E-state index contributed by atoms with van der Waals surface area (Å²) >= 11 is 3.44. The van der Waals surface area contributed by atoms with E-state index in [2.05, 4.69) is 25.8 Å². The molecule has 1 saturated heterocycles. The maximum Gasteiger partial charge on any atom is 0.259 e. The van der Waals surface area contributed by atoms with Crippen molar-refractivity contribution in [2.45, 2.75) is 6.54 Å². The van der Waals surface area contributed by atoms with Crippen LogP contribution in [0.15, 0.2) is 53.1 Å². The highest BCUT2D eigenvalue weighted by Gasteiger charge is 2.30. The molecular formula is C26H25BrFN3O4. The highest BCUT2D eigenvalue weighted by molar-refractivity contribution is 9.10. The van der Waals surface area contributed by atoms with E-state index in [0.29, 0.717) is 51.6 Å². The monoisotopic (exact) mass is 541 g/mol. The van der Waals surface area contributed by atoms with E-state index in [-0.39, 0.29) is 11.7 Å². The Morgan fingerprint density at radius 3 is 2.71 bits per heavy atom. The quantitative estimate of drug-likeness (QED) is 0.438. The summed E-state index contributed by atoms with van der Waals surface area (Å²) in [5.74, 6) is 0.696. The van der Waals surface area contributed by atoms with Crippen molar-refractivity contribution in [3.05, 3.63) is 70.1 Å². The maximum absolute atomic E-state index is 13.8. The second-order valence-corrected chi connectivity index (χ2v) is 9.23. The highest BCUT2D eigenvalue weighted by Crippen LogP contribution is 2.37. The van der Waals surface area contributed by atoms with Crippen molar-refractivity contribution in [2.24, 2.45) is 0 Å². The van der Waals surface area contributed by atoms with Crippen molar-refractivity contribution in [1.82, 2.24) is 9.88 Å². The molecule has 3 aromatic rings. The van der Waals surface area contributed by atoms with Gasteiger partial charge in [-0.2, -0.15) is 0 Å². The van der Waals surface area contributed by atoms with Crippen LogP contribution in [0, 0.1) is 5.82 Å². The van der Waals surface area contributed by atoms with Gasteiger partial charge in [0, 0.05) is 58.7 Å². The Bertz CT molecular complexity index is 1250. The van der Waals surface area contributed by atoms with Crippen molar-refractivity contribution in [1.29, 1.82) is 0 Å². The molecule has 0 spiro atoms. The number of carbonyl (C=O) groups excluding carboxylic acids is 1. The Labute approximate surface area is 211 Å². The first-order chi connectivity index (χ1) is 17.0. The summed E-state index contributed by atoms with van der Waals surface area (Å²) in [6.07, 6.45) is 1.68. The van der Waals surface area contributed by atoms with Gasteiger partial charge in [-0.1, -0.05) is 15.9 Å². The number of hydrogen-bond acceptors (Lipinski definition) is 6. The number of pyridine rings is 1. The number of halogens is 2. The number of benzene rings is 2. The summed E-state index contributed by atoms with van der Waals surface area (Å²) in [6, 6.07) is 11.6. The number of methoxy groups -OCH3 is 1. The molecule has 0 aliphatic carbocycles. The molecule has 1 fully saturated rings. The minimum Gasteiger partial charge on any atom is -0.493 e. The van der Waals surface area contributed by atoms with Crippen LogP contribution in [-0.4, -0.2) is 62.4 Å². The molecular weight excluding hydrogens is 517 g/mol. The molecule has 182 valence electrons. The van der Waals surface area contributed by atoms with Crippen molar-refractivity contribution in [3.8, 4) is 22.8 Å². The molecule has 0 atom stereocenters. The first kappa shape index (κ1) is 23.7. The van der Waals surface area contributed by atoms with E-state index in [4.69, 9.17) is 14.2 Å². The molecule has 2 aliphatic heterocycles. The average molecular weight is 542 g/mol. The molecule has 9 heteroatoms. The Morgan fingerprint density at radius 2 is 1.91 bits per heavy atom. The summed E-state index contributed by atoms with van der Waals surface area (Å²) < 4.78 is 31.4. The second-order valence-electron chi connectivity index (χ2n) is 8.38. The highest BCUT2D eigenvalue weighted by atomic mass is 79.9.